The minimum Gasteiger partial charge on any atom is -0.395 e. The van der Waals surface area contributed by atoms with Gasteiger partial charge in [-0.2, -0.15) is 0 Å². The van der Waals surface area contributed by atoms with Crippen LogP contribution in [0.4, 0.5) is 0 Å². The molecule has 0 amide bonds. The zero-order valence-corrected chi connectivity index (χ0v) is 10.2. The average molecular weight is 295 g/mol. The molecule has 0 fully saturated rings. The Balaban J connectivity index is 3.01. The monoisotopic (exact) mass is 294 g/mol. The maximum absolute atomic E-state index is 11.7. The van der Waals surface area contributed by atoms with Gasteiger partial charge in [-0.1, -0.05) is 15.9 Å². The van der Waals surface area contributed by atoms with Gasteiger partial charge in [-0.25, -0.2) is 8.42 Å². The van der Waals surface area contributed by atoms with E-state index in [9.17, 15) is 8.42 Å². The van der Waals surface area contributed by atoms with Crippen LogP contribution in [0, 0.1) is 0 Å². The van der Waals surface area contributed by atoms with Gasteiger partial charge in [0, 0.05) is 4.47 Å². The molecule has 0 unspecified atom stereocenters. The molecular weight excluding hydrogens is 284 g/mol. The Kier molecular flexibility index (Phi) is 4.23. The lowest BCUT2D eigenvalue weighted by Crippen LogP contribution is -2.39. The van der Waals surface area contributed by atoms with Crippen molar-refractivity contribution in [1.82, 2.24) is 4.41 Å². The van der Waals surface area contributed by atoms with Crippen molar-refractivity contribution >= 4 is 26.0 Å². The van der Waals surface area contributed by atoms with Gasteiger partial charge in [0.25, 0.3) is 10.0 Å². The molecule has 0 saturated carbocycles. The molecule has 15 heavy (non-hydrogen) atoms. The van der Waals surface area contributed by atoms with Gasteiger partial charge in [-0.05, 0) is 24.3 Å². The highest BCUT2D eigenvalue weighted by atomic mass is 79.9. The van der Waals surface area contributed by atoms with Crippen molar-refractivity contribution in [2.45, 2.75) is 4.90 Å². The normalized spacial score (nSPS) is 12.0. The lowest BCUT2D eigenvalue weighted by molar-refractivity contribution is 0.255. The largest absolute Gasteiger partial charge is 0.395 e. The van der Waals surface area contributed by atoms with E-state index < -0.39 is 10.0 Å². The molecule has 7 heteroatoms. The van der Waals surface area contributed by atoms with Gasteiger partial charge in [-0.15, -0.1) is 4.41 Å². The molecule has 5 nitrogen and oxygen atoms in total. The van der Waals surface area contributed by atoms with Crippen molar-refractivity contribution in [2.75, 3.05) is 13.2 Å². The van der Waals surface area contributed by atoms with Crippen molar-refractivity contribution in [1.29, 1.82) is 0 Å². The second kappa shape index (κ2) is 5.04. The van der Waals surface area contributed by atoms with Crippen LogP contribution in [0.5, 0.6) is 0 Å². The van der Waals surface area contributed by atoms with Crippen molar-refractivity contribution < 1.29 is 13.5 Å². The summed E-state index contributed by atoms with van der Waals surface area (Å²) in [5, 5.41) is 8.60. The molecule has 0 atom stereocenters. The smallest absolute Gasteiger partial charge is 0.255 e. The fourth-order valence-corrected chi connectivity index (χ4v) is 2.30. The standard InChI is InChI=1S/C8H11BrN2O3S/c9-7-1-3-8(4-2-7)15(13,14)11(10)5-6-12/h1-4,12H,5-6,10H2. The highest BCUT2D eigenvalue weighted by Crippen LogP contribution is 2.16. The van der Waals surface area contributed by atoms with Crippen LogP contribution in [0.25, 0.3) is 0 Å². The summed E-state index contributed by atoms with van der Waals surface area (Å²) in [6.45, 7) is -0.440. The number of rotatable bonds is 4. The van der Waals surface area contributed by atoms with Gasteiger partial charge in [0.15, 0.2) is 0 Å². The summed E-state index contributed by atoms with van der Waals surface area (Å²) in [5.74, 6) is 5.31. The molecule has 0 aromatic heterocycles. The topological polar surface area (TPSA) is 83.6 Å². The van der Waals surface area contributed by atoms with Crippen molar-refractivity contribution in [3.05, 3.63) is 28.7 Å². The molecule has 0 aliphatic carbocycles. The van der Waals surface area contributed by atoms with E-state index in [0.29, 0.717) is 4.41 Å². The number of sulfonamides is 1. The van der Waals surface area contributed by atoms with E-state index in [2.05, 4.69) is 15.9 Å². The van der Waals surface area contributed by atoms with Crippen LogP contribution in [0.15, 0.2) is 33.6 Å². The highest BCUT2D eigenvalue weighted by molar-refractivity contribution is 9.10. The van der Waals surface area contributed by atoms with Crippen LogP contribution in [0.2, 0.25) is 0 Å². The predicted octanol–water partition coefficient (Wildman–Crippen LogP) is 0.306. The molecule has 0 aliphatic heterocycles. The fraction of sp³-hybridized carbons (Fsp3) is 0.250. The minimum absolute atomic E-state index is 0.0988. The zero-order valence-electron chi connectivity index (χ0n) is 7.80. The third kappa shape index (κ3) is 2.99. The Morgan fingerprint density at radius 2 is 1.87 bits per heavy atom. The Bertz CT molecular complexity index is 418. The molecule has 1 rings (SSSR count). The first-order valence-electron chi connectivity index (χ1n) is 4.12. The molecule has 0 spiro atoms. The number of halogens is 1. The molecule has 0 heterocycles. The van der Waals surface area contributed by atoms with E-state index in [-0.39, 0.29) is 18.0 Å². The third-order valence-corrected chi connectivity index (χ3v) is 3.94. The SMILES string of the molecule is NN(CCO)S(=O)(=O)c1ccc(Br)cc1. The molecule has 0 bridgehead atoms. The fourth-order valence-electron chi connectivity index (χ4n) is 0.961. The maximum atomic E-state index is 11.7. The van der Waals surface area contributed by atoms with Crippen LogP contribution in [0.3, 0.4) is 0 Å². The van der Waals surface area contributed by atoms with E-state index in [1.165, 1.54) is 12.1 Å². The minimum atomic E-state index is -3.69. The van der Waals surface area contributed by atoms with Crippen LogP contribution >= 0.6 is 15.9 Å². The number of nitrogens with two attached hydrogens (primary N) is 1. The first-order valence-corrected chi connectivity index (χ1v) is 6.35. The summed E-state index contributed by atoms with van der Waals surface area (Å²) in [6, 6.07) is 6.10. The van der Waals surface area contributed by atoms with Crippen LogP contribution in [-0.2, 0) is 10.0 Å². The van der Waals surface area contributed by atoms with Gasteiger partial charge in [0.05, 0.1) is 18.0 Å². The van der Waals surface area contributed by atoms with Crippen LogP contribution < -0.4 is 5.84 Å². The van der Waals surface area contributed by atoms with Crippen LogP contribution in [0.1, 0.15) is 0 Å². The number of nitrogens with zero attached hydrogens (tertiary/aromatic N) is 1. The zero-order chi connectivity index (χ0) is 11.5. The molecule has 1 aromatic rings. The Labute approximate surface area is 96.7 Å². The van der Waals surface area contributed by atoms with Crippen molar-refractivity contribution in [3.8, 4) is 0 Å². The van der Waals surface area contributed by atoms with E-state index in [4.69, 9.17) is 10.9 Å². The Hall–Kier alpha value is -0.470. The Morgan fingerprint density at radius 3 is 2.33 bits per heavy atom. The molecule has 0 saturated heterocycles. The van der Waals surface area contributed by atoms with Crippen molar-refractivity contribution in [2.24, 2.45) is 5.84 Å². The van der Waals surface area contributed by atoms with E-state index in [1.807, 2.05) is 0 Å². The molecule has 0 radical (unpaired) electrons. The lowest BCUT2D eigenvalue weighted by atomic mass is 10.4. The number of hydrogen-bond acceptors (Lipinski definition) is 4. The van der Waals surface area contributed by atoms with Crippen LogP contribution in [-0.4, -0.2) is 31.1 Å². The summed E-state index contributed by atoms with van der Waals surface area (Å²) < 4.78 is 24.8. The lowest BCUT2D eigenvalue weighted by Gasteiger charge is -2.15. The molecular formula is C8H11BrN2O3S. The summed E-state index contributed by atoms with van der Waals surface area (Å²) in [4.78, 5) is 0.0988. The average Bonchev–Trinajstić information content (AvgIpc) is 2.18. The predicted molar refractivity (Wildman–Crippen MR) is 59.3 cm³/mol. The quantitative estimate of drug-likeness (QED) is 0.618. The summed E-state index contributed by atoms with van der Waals surface area (Å²) in [7, 11) is -3.69. The molecule has 1 aromatic carbocycles. The second-order valence-corrected chi connectivity index (χ2v) is 5.60. The summed E-state index contributed by atoms with van der Waals surface area (Å²) >= 11 is 3.20. The second-order valence-electron chi connectivity index (χ2n) is 2.79. The molecule has 84 valence electrons. The van der Waals surface area contributed by atoms with E-state index in [0.717, 1.165) is 4.47 Å². The van der Waals surface area contributed by atoms with Crippen molar-refractivity contribution in [3.63, 3.8) is 0 Å². The third-order valence-electron chi connectivity index (χ3n) is 1.74. The number of hydrazine groups is 1. The molecule has 0 aliphatic rings. The van der Waals surface area contributed by atoms with Gasteiger partial charge in [0.2, 0.25) is 0 Å². The summed E-state index contributed by atoms with van der Waals surface area (Å²) in [5.41, 5.74) is 0. The van der Waals surface area contributed by atoms with Gasteiger partial charge in [0.1, 0.15) is 0 Å². The van der Waals surface area contributed by atoms with E-state index in [1.54, 1.807) is 12.1 Å². The van der Waals surface area contributed by atoms with E-state index >= 15 is 0 Å². The molecule has 3 N–H and O–H groups in total. The summed E-state index contributed by atoms with van der Waals surface area (Å²) in [6.07, 6.45) is 0. The number of aliphatic hydroxyl groups excluding tert-OH is 1. The number of benzene rings is 1. The first-order chi connectivity index (χ1) is 6.98. The van der Waals surface area contributed by atoms with Gasteiger partial charge in [-0.3, -0.25) is 5.84 Å². The number of hydrogen-bond donors (Lipinski definition) is 2. The van der Waals surface area contributed by atoms with Gasteiger partial charge < -0.3 is 5.11 Å². The van der Waals surface area contributed by atoms with Gasteiger partial charge >= 0.3 is 0 Å². The first kappa shape index (κ1) is 12.6. The number of aliphatic hydroxyl groups is 1. The highest BCUT2D eigenvalue weighted by Gasteiger charge is 2.20. The Morgan fingerprint density at radius 1 is 1.33 bits per heavy atom. The maximum Gasteiger partial charge on any atom is 0.255 e.